The van der Waals surface area contributed by atoms with E-state index >= 15 is 0 Å². The smallest absolute Gasteiger partial charge is 0.191 e. The quantitative estimate of drug-likeness (QED) is 0.597. The summed E-state index contributed by atoms with van der Waals surface area (Å²) in [7, 11) is 6.62. The summed E-state index contributed by atoms with van der Waals surface area (Å²) in [5, 5.41) is 6.59. The van der Waals surface area contributed by atoms with Crippen LogP contribution in [0.4, 0.5) is 0 Å². The third-order valence-corrected chi connectivity index (χ3v) is 3.47. The molecule has 1 rings (SSSR count). The Balaban J connectivity index is 2.92. The number of nitrogens with zero attached hydrogens (tertiary/aromatic N) is 1. The van der Waals surface area contributed by atoms with E-state index in [9.17, 15) is 0 Å². The lowest BCUT2D eigenvalue weighted by molar-refractivity contribution is 0.368. The molecule has 0 amide bonds. The van der Waals surface area contributed by atoms with Gasteiger partial charge in [-0.05, 0) is 13.3 Å². The fraction of sp³-hybridized carbons (Fsp3) is 0.562. The number of methoxy groups -OCH3 is 3. The summed E-state index contributed by atoms with van der Waals surface area (Å²) in [5.74, 6) is 2.86. The van der Waals surface area contributed by atoms with E-state index in [-0.39, 0.29) is 0 Å². The zero-order chi connectivity index (χ0) is 16.5. The van der Waals surface area contributed by atoms with E-state index in [1.807, 2.05) is 12.1 Å². The highest BCUT2D eigenvalue weighted by molar-refractivity contribution is 5.80. The van der Waals surface area contributed by atoms with Crippen LogP contribution in [0.2, 0.25) is 0 Å². The average Bonchev–Trinajstić information content (AvgIpc) is 2.57. The number of nitrogens with one attached hydrogen (secondary N) is 2. The molecular weight excluding hydrogens is 282 g/mol. The molecule has 1 atom stereocenters. The summed E-state index contributed by atoms with van der Waals surface area (Å²) < 4.78 is 16.1. The first kappa shape index (κ1) is 17.9. The number of hydrogen-bond acceptors (Lipinski definition) is 4. The first-order chi connectivity index (χ1) is 10.6. The second-order valence-corrected chi connectivity index (χ2v) is 4.89. The Hall–Kier alpha value is -2.11. The lowest BCUT2D eigenvalue weighted by Gasteiger charge is -2.19. The molecule has 1 aromatic carbocycles. The molecule has 0 saturated carbocycles. The number of benzene rings is 1. The van der Waals surface area contributed by atoms with Gasteiger partial charge in [0.15, 0.2) is 5.96 Å². The van der Waals surface area contributed by atoms with Crippen LogP contribution in [0.15, 0.2) is 17.1 Å². The standard InChI is InChI=1S/C16H27N3O3/c1-7-11(2)19-16(17-3)18-10-13-14(21-5)8-12(20-4)9-15(13)22-6/h8-9,11H,7,10H2,1-6H3,(H2,17,18,19). The van der Waals surface area contributed by atoms with Gasteiger partial charge in [-0.1, -0.05) is 6.92 Å². The third-order valence-electron chi connectivity index (χ3n) is 3.47. The highest BCUT2D eigenvalue weighted by Gasteiger charge is 2.14. The summed E-state index contributed by atoms with van der Waals surface area (Å²) in [5.41, 5.74) is 0.915. The van der Waals surface area contributed by atoms with Crippen molar-refractivity contribution in [2.75, 3.05) is 28.4 Å². The maximum absolute atomic E-state index is 5.44. The number of aliphatic imine (C=N–C) groups is 1. The van der Waals surface area contributed by atoms with Crippen LogP contribution < -0.4 is 24.8 Å². The van der Waals surface area contributed by atoms with Gasteiger partial charge in [0.25, 0.3) is 0 Å². The van der Waals surface area contributed by atoms with Crippen molar-refractivity contribution in [1.29, 1.82) is 0 Å². The van der Waals surface area contributed by atoms with Crippen LogP contribution in [-0.4, -0.2) is 40.4 Å². The lowest BCUT2D eigenvalue weighted by Crippen LogP contribution is -2.41. The Morgan fingerprint density at radius 2 is 1.73 bits per heavy atom. The van der Waals surface area contributed by atoms with Gasteiger partial charge in [-0.25, -0.2) is 0 Å². The second-order valence-electron chi connectivity index (χ2n) is 4.89. The summed E-state index contributed by atoms with van der Waals surface area (Å²) in [6.45, 7) is 4.77. The van der Waals surface area contributed by atoms with E-state index in [0.29, 0.717) is 29.8 Å². The molecule has 124 valence electrons. The molecule has 0 heterocycles. The van der Waals surface area contributed by atoms with Crippen LogP contribution in [0, 0.1) is 0 Å². The summed E-state index contributed by atoms with van der Waals surface area (Å²) in [6.07, 6.45) is 1.02. The maximum atomic E-state index is 5.44. The number of guanidine groups is 1. The summed E-state index contributed by atoms with van der Waals surface area (Å²) in [6, 6.07) is 4.03. The number of ether oxygens (including phenoxy) is 3. The maximum Gasteiger partial charge on any atom is 0.191 e. The first-order valence-corrected chi connectivity index (χ1v) is 7.35. The van der Waals surface area contributed by atoms with Gasteiger partial charge in [-0.2, -0.15) is 0 Å². The van der Waals surface area contributed by atoms with Gasteiger partial charge in [0.2, 0.25) is 0 Å². The van der Waals surface area contributed by atoms with Gasteiger partial charge >= 0.3 is 0 Å². The number of hydrogen-bond donors (Lipinski definition) is 2. The molecule has 1 aromatic rings. The Kier molecular flexibility index (Phi) is 7.36. The van der Waals surface area contributed by atoms with Crippen molar-refractivity contribution in [1.82, 2.24) is 10.6 Å². The highest BCUT2D eigenvalue weighted by atomic mass is 16.5. The average molecular weight is 309 g/mol. The van der Waals surface area contributed by atoms with Crippen LogP contribution in [0.1, 0.15) is 25.8 Å². The van der Waals surface area contributed by atoms with E-state index in [2.05, 4.69) is 29.5 Å². The van der Waals surface area contributed by atoms with Gasteiger partial charge in [-0.3, -0.25) is 4.99 Å². The van der Waals surface area contributed by atoms with Crippen molar-refractivity contribution in [3.05, 3.63) is 17.7 Å². The minimum atomic E-state index is 0.353. The van der Waals surface area contributed by atoms with Crippen LogP contribution in [0.25, 0.3) is 0 Å². The molecule has 0 bridgehead atoms. The van der Waals surface area contributed by atoms with Crippen molar-refractivity contribution >= 4 is 5.96 Å². The van der Waals surface area contributed by atoms with Gasteiger partial charge < -0.3 is 24.8 Å². The molecular formula is C16H27N3O3. The van der Waals surface area contributed by atoms with Crippen molar-refractivity contribution < 1.29 is 14.2 Å². The minimum Gasteiger partial charge on any atom is -0.496 e. The second kappa shape index (κ2) is 9.02. The van der Waals surface area contributed by atoms with E-state index in [1.165, 1.54) is 0 Å². The first-order valence-electron chi connectivity index (χ1n) is 7.35. The van der Waals surface area contributed by atoms with Gasteiger partial charge in [0, 0.05) is 25.2 Å². The van der Waals surface area contributed by atoms with Crippen molar-refractivity contribution in [3.63, 3.8) is 0 Å². The summed E-state index contributed by atoms with van der Waals surface area (Å²) in [4.78, 5) is 4.22. The predicted octanol–water partition coefficient (Wildman–Crippen LogP) is 2.18. The fourth-order valence-corrected chi connectivity index (χ4v) is 1.95. The van der Waals surface area contributed by atoms with Crippen LogP contribution in [0.5, 0.6) is 17.2 Å². The molecule has 6 heteroatoms. The topological polar surface area (TPSA) is 64.1 Å². The molecule has 1 unspecified atom stereocenters. The zero-order valence-electron chi connectivity index (χ0n) is 14.3. The Bertz CT molecular complexity index is 478. The van der Waals surface area contributed by atoms with E-state index in [0.717, 1.165) is 17.9 Å². The van der Waals surface area contributed by atoms with Gasteiger partial charge in [-0.15, -0.1) is 0 Å². The molecule has 0 aliphatic heterocycles. The molecule has 0 radical (unpaired) electrons. The SMILES string of the molecule is CCC(C)NC(=NC)NCc1c(OC)cc(OC)cc1OC. The zero-order valence-corrected chi connectivity index (χ0v) is 14.3. The normalized spacial score (nSPS) is 12.5. The molecule has 0 saturated heterocycles. The molecule has 0 aliphatic carbocycles. The van der Waals surface area contributed by atoms with Crippen LogP contribution in [0.3, 0.4) is 0 Å². The minimum absolute atomic E-state index is 0.353. The molecule has 0 spiro atoms. The predicted molar refractivity (Wildman–Crippen MR) is 89.2 cm³/mol. The molecule has 2 N–H and O–H groups in total. The Morgan fingerprint density at radius 3 is 2.14 bits per heavy atom. The van der Waals surface area contributed by atoms with Gasteiger partial charge in [0.1, 0.15) is 17.2 Å². The van der Waals surface area contributed by atoms with Gasteiger partial charge in [0.05, 0.1) is 33.4 Å². The highest BCUT2D eigenvalue weighted by Crippen LogP contribution is 2.33. The van der Waals surface area contributed by atoms with E-state index < -0.39 is 0 Å². The largest absolute Gasteiger partial charge is 0.496 e. The van der Waals surface area contributed by atoms with Crippen molar-refractivity contribution in [2.45, 2.75) is 32.9 Å². The summed E-state index contributed by atoms with van der Waals surface area (Å²) >= 11 is 0. The molecule has 0 aliphatic rings. The van der Waals surface area contributed by atoms with E-state index in [1.54, 1.807) is 28.4 Å². The van der Waals surface area contributed by atoms with Crippen LogP contribution in [-0.2, 0) is 6.54 Å². The molecule has 0 aromatic heterocycles. The molecule has 6 nitrogen and oxygen atoms in total. The number of rotatable bonds is 7. The monoisotopic (exact) mass is 309 g/mol. The Labute approximate surface area is 132 Å². The van der Waals surface area contributed by atoms with Crippen LogP contribution >= 0.6 is 0 Å². The van der Waals surface area contributed by atoms with Crippen molar-refractivity contribution in [2.24, 2.45) is 4.99 Å². The third kappa shape index (κ3) is 4.72. The van der Waals surface area contributed by atoms with Crippen molar-refractivity contribution in [3.8, 4) is 17.2 Å². The molecule has 0 fully saturated rings. The van der Waals surface area contributed by atoms with E-state index in [4.69, 9.17) is 14.2 Å². The lowest BCUT2D eigenvalue weighted by atomic mass is 10.1. The Morgan fingerprint density at radius 1 is 1.14 bits per heavy atom. The fourth-order valence-electron chi connectivity index (χ4n) is 1.95. The molecule has 22 heavy (non-hydrogen) atoms.